The molecule has 3 aliphatic rings. The number of fused-ring (bicyclic) bond motifs is 2. The van der Waals surface area contributed by atoms with Crippen molar-refractivity contribution in [3.63, 3.8) is 0 Å². The average Bonchev–Trinajstić information content (AvgIpc) is 3.54. The number of benzene rings is 1. The molecule has 0 unspecified atom stereocenters. The molecule has 0 bridgehead atoms. The molecule has 3 aliphatic heterocycles. The van der Waals surface area contributed by atoms with Crippen molar-refractivity contribution < 1.29 is 14.3 Å². The fourth-order valence-corrected chi connectivity index (χ4v) is 5.47. The van der Waals surface area contributed by atoms with Crippen molar-refractivity contribution in [2.75, 3.05) is 26.2 Å². The van der Waals surface area contributed by atoms with E-state index in [2.05, 4.69) is 27.1 Å². The van der Waals surface area contributed by atoms with Gasteiger partial charge in [0.1, 0.15) is 0 Å². The molecule has 9 heteroatoms. The zero-order chi connectivity index (χ0) is 22.8. The van der Waals surface area contributed by atoms with Gasteiger partial charge in [-0.25, -0.2) is 4.79 Å². The Morgan fingerprint density at radius 3 is 2.85 bits per heavy atom. The molecule has 0 N–H and O–H groups in total. The normalized spacial score (nSPS) is 16.9. The van der Waals surface area contributed by atoms with Crippen LogP contribution in [0.25, 0.3) is 0 Å². The Labute approximate surface area is 197 Å². The van der Waals surface area contributed by atoms with Gasteiger partial charge in [0.25, 0.3) is 0 Å². The monoisotopic (exact) mass is 465 g/mol. The van der Waals surface area contributed by atoms with E-state index in [9.17, 15) is 9.59 Å². The van der Waals surface area contributed by atoms with Crippen LogP contribution in [0, 0.1) is 0 Å². The lowest BCUT2D eigenvalue weighted by Gasteiger charge is -2.29. The van der Waals surface area contributed by atoms with E-state index < -0.39 is 5.97 Å². The molecule has 172 valence electrons. The van der Waals surface area contributed by atoms with Gasteiger partial charge in [0.05, 0.1) is 19.6 Å². The first kappa shape index (κ1) is 21.8. The second kappa shape index (κ2) is 9.43. The Bertz CT molecular complexity index is 1120. The van der Waals surface area contributed by atoms with Gasteiger partial charge in [0, 0.05) is 49.6 Å². The lowest BCUT2D eigenvalue weighted by molar-refractivity contribution is -0.131. The molecule has 1 aromatic carbocycles. The summed E-state index contributed by atoms with van der Waals surface area (Å²) in [6, 6.07) is 10.2. The second-order valence-electron chi connectivity index (χ2n) is 8.24. The number of thioether (sulfide) groups is 1. The first-order valence-electron chi connectivity index (χ1n) is 11.4. The van der Waals surface area contributed by atoms with Gasteiger partial charge >= 0.3 is 5.97 Å². The van der Waals surface area contributed by atoms with Crippen molar-refractivity contribution in [3.05, 3.63) is 64.0 Å². The summed E-state index contributed by atoms with van der Waals surface area (Å²) in [5.74, 6) is -0.359. The van der Waals surface area contributed by atoms with Gasteiger partial charge in [-0.15, -0.1) is 0 Å². The summed E-state index contributed by atoms with van der Waals surface area (Å²) >= 11 is 1.59. The number of aromatic nitrogens is 2. The number of hydrogen-bond acceptors (Lipinski definition) is 7. The van der Waals surface area contributed by atoms with Crippen LogP contribution in [0.3, 0.4) is 0 Å². The number of carbonyl (C=O) groups is 2. The van der Waals surface area contributed by atoms with Gasteiger partial charge < -0.3 is 14.5 Å². The quantitative estimate of drug-likeness (QED) is 0.585. The van der Waals surface area contributed by atoms with Crippen LogP contribution in [-0.4, -0.2) is 62.9 Å². The van der Waals surface area contributed by atoms with Crippen molar-refractivity contribution in [2.45, 2.75) is 39.3 Å². The van der Waals surface area contributed by atoms with Crippen molar-refractivity contribution in [1.82, 2.24) is 19.6 Å². The summed E-state index contributed by atoms with van der Waals surface area (Å²) in [5, 5.41) is 7.65. The number of aryl methyl sites for hydroxylation is 2. The lowest BCUT2D eigenvalue weighted by atomic mass is 10.0. The maximum atomic E-state index is 13.1. The minimum atomic E-state index is -0.422. The molecule has 0 saturated carbocycles. The highest BCUT2D eigenvalue weighted by Crippen LogP contribution is 2.32. The van der Waals surface area contributed by atoms with Crippen LogP contribution in [0.2, 0.25) is 0 Å². The Hall–Kier alpha value is -3.07. The van der Waals surface area contributed by atoms with Crippen molar-refractivity contribution in [1.29, 1.82) is 0 Å². The van der Waals surface area contributed by atoms with E-state index in [0.29, 0.717) is 44.8 Å². The van der Waals surface area contributed by atoms with Crippen molar-refractivity contribution >= 4 is 28.8 Å². The van der Waals surface area contributed by atoms with Gasteiger partial charge in [0.15, 0.2) is 10.9 Å². The minimum Gasteiger partial charge on any atom is -0.461 e. The smallest absolute Gasteiger partial charge is 0.359 e. The molecular weight excluding hydrogens is 438 g/mol. The third-order valence-corrected chi connectivity index (χ3v) is 7.14. The predicted molar refractivity (Wildman–Crippen MR) is 127 cm³/mol. The van der Waals surface area contributed by atoms with Gasteiger partial charge in [-0.05, 0) is 24.3 Å². The summed E-state index contributed by atoms with van der Waals surface area (Å²) < 4.78 is 7.20. The maximum Gasteiger partial charge on any atom is 0.359 e. The van der Waals surface area contributed by atoms with Crippen LogP contribution in [-0.2, 0) is 35.5 Å². The number of rotatable bonds is 7. The van der Waals surface area contributed by atoms with Crippen LogP contribution >= 0.6 is 11.8 Å². The van der Waals surface area contributed by atoms with Crippen LogP contribution < -0.4 is 0 Å². The molecule has 5 rings (SSSR count). The number of esters is 1. The van der Waals surface area contributed by atoms with E-state index in [-0.39, 0.29) is 5.91 Å². The van der Waals surface area contributed by atoms with Crippen molar-refractivity contribution in [2.24, 2.45) is 4.99 Å². The number of amides is 1. The summed E-state index contributed by atoms with van der Waals surface area (Å²) in [6.07, 6.45) is 1.84. The highest BCUT2D eigenvalue weighted by Gasteiger charge is 2.33. The summed E-state index contributed by atoms with van der Waals surface area (Å²) in [4.78, 5) is 34.2. The van der Waals surface area contributed by atoms with Crippen LogP contribution in [0.4, 0.5) is 0 Å². The molecule has 0 saturated heterocycles. The van der Waals surface area contributed by atoms with E-state index >= 15 is 0 Å². The first-order valence-corrected chi connectivity index (χ1v) is 12.3. The van der Waals surface area contributed by atoms with Gasteiger partial charge in [-0.1, -0.05) is 42.1 Å². The van der Waals surface area contributed by atoms with E-state index in [0.717, 1.165) is 41.6 Å². The molecule has 0 fully saturated rings. The highest BCUT2D eigenvalue weighted by atomic mass is 32.2. The molecule has 1 amide bonds. The van der Waals surface area contributed by atoms with Gasteiger partial charge in [-0.3, -0.25) is 14.5 Å². The second-order valence-corrected chi connectivity index (χ2v) is 9.07. The Morgan fingerprint density at radius 1 is 1.18 bits per heavy atom. The zero-order valence-corrected chi connectivity index (χ0v) is 19.5. The molecule has 0 radical (unpaired) electrons. The summed E-state index contributed by atoms with van der Waals surface area (Å²) in [6.45, 7) is 5.38. The number of carbonyl (C=O) groups excluding carboxylic acids is 2. The first-order chi connectivity index (χ1) is 16.1. The third kappa shape index (κ3) is 4.42. The molecular formula is C24H27N5O3S. The average molecular weight is 466 g/mol. The minimum absolute atomic E-state index is 0.0625. The molecule has 33 heavy (non-hydrogen) atoms. The molecule has 0 aliphatic carbocycles. The SMILES string of the molecule is CCOC(=O)c1nn(CCc2ccccc2)c2c1CN(C(=O)CC1=CSC3=NCCN13)CC2. The molecule has 4 heterocycles. The largest absolute Gasteiger partial charge is 0.461 e. The number of nitrogens with zero attached hydrogens (tertiary/aromatic N) is 5. The Morgan fingerprint density at radius 2 is 2.03 bits per heavy atom. The van der Waals surface area contributed by atoms with E-state index in [4.69, 9.17) is 4.74 Å². The van der Waals surface area contributed by atoms with E-state index in [1.54, 1.807) is 18.7 Å². The fraction of sp³-hybridized carbons (Fsp3) is 0.417. The predicted octanol–water partition coefficient (Wildman–Crippen LogP) is 2.84. The van der Waals surface area contributed by atoms with Crippen LogP contribution in [0.5, 0.6) is 0 Å². The Kier molecular flexibility index (Phi) is 6.22. The summed E-state index contributed by atoms with van der Waals surface area (Å²) in [5.41, 5.74) is 4.42. The molecule has 0 spiro atoms. The molecule has 8 nitrogen and oxygen atoms in total. The summed E-state index contributed by atoms with van der Waals surface area (Å²) in [7, 11) is 0. The molecule has 0 atom stereocenters. The zero-order valence-electron chi connectivity index (χ0n) is 18.7. The topological polar surface area (TPSA) is 80.0 Å². The lowest BCUT2D eigenvalue weighted by Crippen LogP contribution is -2.38. The highest BCUT2D eigenvalue weighted by molar-refractivity contribution is 8.16. The maximum absolute atomic E-state index is 13.1. The molecule has 2 aromatic rings. The number of amidine groups is 1. The van der Waals surface area contributed by atoms with Gasteiger partial charge in [-0.2, -0.15) is 5.10 Å². The number of aliphatic imine (C=N–C) groups is 1. The third-order valence-electron chi connectivity index (χ3n) is 6.19. The standard InChI is InChI=1S/C24H27N5O3S/c1-2-32-23(31)22-19-15-27(21(30)14-18-16-33-24-25-10-13-28(18)24)11-9-20(19)29(26-22)12-8-17-6-4-3-5-7-17/h3-7,16H,2,8-15H2,1H3. The Balaban J connectivity index is 1.33. The van der Waals surface area contributed by atoms with Gasteiger partial charge in [0.2, 0.25) is 5.91 Å². The van der Waals surface area contributed by atoms with Crippen LogP contribution in [0.1, 0.15) is 40.7 Å². The number of ether oxygens (including phenoxy) is 1. The van der Waals surface area contributed by atoms with E-state index in [1.165, 1.54) is 5.56 Å². The number of hydrogen-bond donors (Lipinski definition) is 0. The molecule has 1 aromatic heterocycles. The fourth-order valence-electron chi connectivity index (χ4n) is 4.51. The van der Waals surface area contributed by atoms with E-state index in [1.807, 2.05) is 33.2 Å². The van der Waals surface area contributed by atoms with Crippen molar-refractivity contribution in [3.8, 4) is 0 Å². The van der Waals surface area contributed by atoms with Crippen LogP contribution in [0.15, 0.2) is 46.4 Å².